The number of aliphatic hydroxyl groups is 1. The second kappa shape index (κ2) is 7.00. The van der Waals surface area contributed by atoms with Crippen molar-refractivity contribution in [3.63, 3.8) is 0 Å². The third-order valence-electron chi connectivity index (χ3n) is 2.45. The van der Waals surface area contributed by atoms with Gasteiger partial charge >= 0.3 is 0 Å². The van der Waals surface area contributed by atoms with Gasteiger partial charge in [-0.2, -0.15) is 5.26 Å². The van der Waals surface area contributed by atoms with Gasteiger partial charge in [-0.05, 0) is 18.9 Å². The van der Waals surface area contributed by atoms with Crippen LogP contribution >= 0.6 is 0 Å². The highest BCUT2D eigenvalue weighted by molar-refractivity contribution is 5.13. The zero-order valence-electron chi connectivity index (χ0n) is 9.47. The largest absolute Gasteiger partial charge is 0.392 e. The zero-order valence-corrected chi connectivity index (χ0v) is 9.47. The first kappa shape index (κ1) is 12.7. The molecule has 3 heteroatoms. The van der Waals surface area contributed by atoms with Crippen LogP contribution in [0, 0.1) is 17.2 Å². The van der Waals surface area contributed by atoms with Gasteiger partial charge in [0.2, 0.25) is 0 Å². The molecular formula is C13H17NO2. The Morgan fingerprint density at radius 1 is 1.38 bits per heavy atom. The van der Waals surface area contributed by atoms with Crippen molar-refractivity contribution in [1.29, 1.82) is 5.26 Å². The molecule has 0 amide bonds. The van der Waals surface area contributed by atoms with Crippen molar-refractivity contribution in [2.75, 3.05) is 6.61 Å². The monoisotopic (exact) mass is 219 g/mol. The lowest BCUT2D eigenvalue weighted by Crippen LogP contribution is -2.18. The summed E-state index contributed by atoms with van der Waals surface area (Å²) in [4.78, 5) is 0. The smallest absolute Gasteiger partial charge is 0.0717 e. The predicted octanol–water partition coefficient (Wildman–Crippen LogP) is 2.11. The summed E-state index contributed by atoms with van der Waals surface area (Å²) in [6.45, 7) is 2.73. The minimum absolute atomic E-state index is 0.333. The summed E-state index contributed by atoms with van der Waals surface area (Å²) in [5.41, 5.74) is 1.12. The van der Waals surface area contributed by atoms with E-state index >= 15 is 0 Å². The van der Waals surface area contributed by atoms with Crippen LogP contribution in [0.2, 0.25) is 0 Å². The second-order valence-corrected chi connectivity index (χ2v) is 3.81. The Morgan fingerprint density at radius 3 is 2.69 bits per heavy atom. The maximum absolute atomic E-state index is 9.51. The minimum atomic E-state index is -0.597. The van der Waals surface area contributed by atoms with Crippen LogP contribution in [-0.4, -0.2) is 17.8 Å². The van der Waals surface area contributed by atoms with Crippen LogP contribution in [0.3, 0.4) is 0 Å². The number of aliphatic hydroxyl groups excluding tert-OH is 1. The van der Waals surface area contributed by atoms with Gasteiger partial charge in [-0.1, -0.05) is 30.3 Å². The van der Waals surface area contributed by atoms with Crippen LogP contribution < -0.4 is 0 Å². The molecule has 0 bridgehead atoms. The van der Waals surface area contributed by atoms with Crippen molar-refractivity contribution in [3.05, 3.63) is 35.9 Å². The first-order valence-corrected chi connectivity index (χ1v) is 5.43. The fraction of sp³-hybridized carbons (Fsp3) is 0.462. The van der Waals surface area contributed by atoms with Gasteiger partial charge in [-0.15, -0.1) is 0 Å². The third-order valence-corrected chi connectivity index (χ3v) is 2.45. The van der Waals surface area contributed by atoms with Crippen LogP contribution in [0.5, 0.6) is 0 Å². The highest BCUT2D eigenvalue weighted by atomic mass is 16.5. The topological polar surface area (TPSA) is 53.2 Å². The first-order valence-electron chi connectivity index (χ1n) is 5.43. The van der Waals surface area contributed by atoms with Gasteiger partial charge < -0.3 is 9.84 Å². The van der Waals surface area contributed by atoms with Gasteiger partial charge in [-0.3, -0.25) is 0 Å². The Morgan fingerprint density at radius 2 is 2.06 bits per heavy atom. The summed E-state index contributed by atoms with van der Waals surface area (Å²) in [5, 5.41) is 18.1. The molecule has 0 saturated heterocycles. The van der Waals surface area contributed by atoms with Gasteiger partial charge in [0.05, 0.1) is 24.7 Å². The number of hydrogen-bond donors (Lipinski definition) is 1. The number of hydrogen-bond acceptors (Lipinski definition) is 3. The molecule has 0 radical (unpaired) electrons. The molecule has 0 aromatic heterocycles. The molecule has 0 aliphatic carbocycles. The summed E-state index contributed by atoms with van der Waals surface area (Å²) in [5.74, 6) is -0.333. The lowest BCUT2D eigenvalue weighted by atomic mass is 10.0. The fourth-order valence-corrected chi connectivity index (χ4v) is 1.30. The van der Waals surface area contributed by atoms with E-state index in [9.17, 15) is 5.11 Å². The van der Waals surface area contributed by atoms with Gasteiger partial charge in [0.15, 0.2) is 0 Å². The van der Waals surface area contributed by atoms with E-state index in [4.69, 9.17) is 10.00 Å². The molecule has 16 heavy (non-hydrogen) atoms. The van der Waals surface area contributed by atoms with Crippen LogP contribution in [0.1, 0.15) is 18.9 Å². The lowest BCUT2D eigenvalue weighted by Gasteiger charge is -2.12. The summed E-state index contributed by atoms with van der Waals surface area (Å²) in [7, 11) is 0. The zero-order chi connectivity index (χ0) is 11.8. The summed E-state index contributed by atoms with van der Waals surface area (Å²) < 4.78 is 5.42. The molecular weight excluding hydrogens is 202 g/mol. The van der Waals surface area contributed by atoms with Gasteiger partial charge in [0.25, 0.3) is 0 Å². The molecule has 86 valence electrons. The van der Waals surface area contributed by atoms with Crippen LogP contribution in [-0.2, 0) is 11.3 Å². The third kappa shape index (κ3) is 4.43. The van der Waals surface area contributed by atoms with Crippen LogP contribution in [0.15, 0.2) is 30.3 Å². The normalized spacial score (nSPS) is 14.1. The van der Waals surface area contributed by atoms with E-state index in [-0.39, 0.29) is 5.92 Å². The molecule has 0 saturated carbocycles. The molecule has 0 aliphatic heterocycles. The molecule has 0 spiro atoms. The average molecular weight is 219 g/mol. The quantitative estimate of drug-likeness (QED) is 0.745. The van der Waals surface area contributed by atoms with Crippen molar-refractivity contribution in [2.45, 2.75) is 26.1 Å². The molecule has 2 unspecified atom stereocenters. The lowest BCUT2D eigenvalue weighted by molar-refractivity contribution is 0.0602. The highest BCUT2D eigenvalue weighted by Gasteiger charge is 2.12. The Balaban J connectivity index is 2.16. The van der Waals surface area contributed by atoms with E-state index in [0.29, 0.717) is 19.6 Å². The van der Waals surface area contributed by atoms with Crippen LogP contribution in [0.25, 0.3) is 0 Å². The number of ether oxygens (including phenoxy) is 1. The van der Waals surface area contributed by atoms with Crippen LogP contribution in [0.4, 0.5) is 0 Å². The Labute approximate surface area is 96.3 Å². The number of nitrogens with zero attached hydrogens (tertiary/aromatic N) is 1. The Bertz CT molecular complexity index is 332. The predicted molar refractivity (Wildman–Crippen MR) is 61.5 cm³/mol. The Hall–Kier alpha value is -1.37. The highest BCUT2D eigenvalue weighted by Crippen LogP contribution is 2.07. The molecule has 2 atom stereocenters. The SMILES string of the molecule is CC(C#N)C(O)CCOCc1ccccc1. The van der Waals surface area contributed by atoms with E-state index in [2.05, 4.69) is 0 Å². The fourth-order valence-electron chi connectivity index (χ4n) is 1.30. The van der Waals surface area contributed by atoms with E-state index in [0.717, 1.165) is 5.56 Å². The number of benzene rings is 1. The molecule has 0 fully saturated rings. The molecule has 1 aromatic carbocycles. The van der Waals surface area contributed by atoms with Crippen molar-refractivity contribution in [1.82, 2.24) is 0 Å². The summed E-state index contributed by atoms with van der Waals surface area (Å²) in [6, 6.07) is 11.9. The van der Waals surface area contributed by atoms with Gasteiger partial charge in [0, 0.05) is 6.61 Å². The van der Waals surface area contributed by atoms with E-state index < -0.39 is 6.10 Å². The van der Waals surface area contributed by atoms with E-state index in [1.807, 2.05) is 36.4 Å². The van der Waals surface area contributed by atoms with Crippen molar-refractivity contribution < 1.29 is 9.84 Å². The molecule has 0 aliphatic rings. The maximum Gasteiger partial charge on any atom is 0.0717 e. The summed E-state index contributed by atoms with van der Waals surface area (Å²) >= 11 is 0. The van der Waals surface area contributed by atoms with Gasteiger partial charge in [0.1, 0.15) is 0 Å². The van der Waals surface area contributed by atoms with Gasteiger partial charge in [-0.25, -0.2) is 0 Å². The molecule has 1 rings (SSSR count). The summed E-state index contributed by atoms with van der Waals surface area (Å²) in [6.07, 6.45) is -0.0950. The molecule has 1 aromatic rings. The maximum atomic E-state index is 9.51. The minimum Gasteiger partial charge on any atom is -0.392 e. The second-order valence-electron chi connectivity index (χ2n) is 3.81. The molecule has 1 N–H and O–H groups in total. The number of rotatable bonds is 6. The standard InChI is InChI=1S/C13H17NO2/c1-11(9-14)13(15)7-8-16-10-12-5-3-2-4-6-12/h2-6,11,13,15H,7-8,10H2,1H3. The molecule has 3 nitrogen and oxygen atoms in total. The molecule has 0 heterocycles. The van der Waals surface area contributed by atoms with Crippen molar-refractivity contribution in [3.8, 4) is 6.07 Å². The van der Waals surface area contributed by atoms with Crippen molar-refractivity contribution >= 4 is 0 Å². The average Bonchev–Trinajstić information content (AvgIpc) is 2.34. The number of nitriles is 1. The first-order chi connectivity index (χ1) is 7.74. The Kier molecular flexibility index (Phi) is 5.55. The van der Waals surface area contributed by atoms with E-state index in [1.165, 1.54) is 0 Å². The van der Waals surface area contributed by atoms with Crippen molar-refractivity contribution in [2.24, 2.45) is 5.92 Å². The van der Waals surface area contributed by atoms with E-state index in [1.54, 1.807) is 6.92 Å².